The Morgan fingerprint density at radius 3 is 2.26 bits per heavy atom. The van der Waals surface area contributed by atoms with E-state index in [9.17, 15) is 9.59 Å². The van der Waals surface area contributed by atoms with Crippen molar-refractivity contribution in [3.63, 3.8) is 0 Å². The summed E-state index contributed by atoms with van der Waals surface area (Å²) in [4.78, 5) is 27.4. The van der Waals surface area contributed by atoms with Gasteiger partial charge in [-0.05, 0) is 76.1 Å². The highest BCUT2D eigenvalue weighted by molar-refractivity contribution is 6.31. The van der Waals surface area contributed by atoms with E-state index >= 15 is 0 Å². The van der Waals surface area contributed by atoms with Crippen LogP contribution < -0.4 is 14.8 Å². The summed E-state index contributed by atoms with van der Waals surface area (Å²) in [5.41, 5.74) is 1.34. The second-order valence-corrected chi connectivity index (χ2v) is 8.89. The fourth-order valence-electron chi connectivity index (χ4n) is 2.92. The zero-order valence-corrected chi connectivity index (χ0v) is 19.7. The van der Waals surface area contributed by atoms with Crippen LogP contribution in [0.4, 0.5) is 0 Å². The number of nitrogens with zero attached hydrogens (tertiary/aromatic N) is 1. The van der Waals surface area contributed by atoms with Gasteiger partial charge >= 0.3 is 0 Å². The fraction of sp³-hybridized carbons (Fsp3) is 0.417. The third-order valence-electron chi connectivity index (χ3n) is 4.67. The minimum atomic E-state index is -0.676. The van der Waals surface area contributed by atoms with Crippen LogP contribution in [0.2, 0.25) is 5.02 Å². The summed E-state index contributed by atoms with van der Waals surface area (Å²) in [6.07, 6.45) is 0. The normalized spacial score (nSPS) is 12.1. The summed E-state index contributed by atoms with van der Waals surface area (Å²) in [7, 11) is 1.60. The lowest BCUT2D eigenvalue weighted by Gasteiger charge is -2.31. The van der Waals surface area contributed by atoms with Gasteiger partial charge in [0, 0.05) is 17.1 Å². The number of nitrogens with one attached hydrogen (secondary N) is 1. The van der Waals surface area contributed by atoms with E-state index in [-0.39, 0.29) is 25.0 Å². The monoisotopic (exact) mass is 446 g/mol. The Hall–Kier alpha value is -2.73. The predicted molar refractivity (Wildman–Crippen MR) is 123 cm³/mol. The molecule has 2 amide bonds. The molecule has 1 unspecified atom stereocenters. The first-order valence-electron chi connectivity index (χ1n) is 10.1. The molecule has 7 heteroatoms. The minimum Gasteiger partial charge on any atom is -0.497 e. The molecule has 2 rings (SSSR count). The highest BCUT2D eigenvalue weighted by atomic mass is 35.5. The summed E-state index contributed by atoms with van der Waals surface area (Å²) < 4.78 is 10.9. The third-order valence-corrected chi connectivity index (χ3v) is 5.09. The Morgan fingerprint density at radius 2 is 1.71 bits per heavy atom. The molecule has 1 atom stereocenters. The number of hydrogen-bond donors (Lipinski definition) is 1. The van der Waals surface area contributed by atoms with Crippen LogP contribution in [-0.2, 0) is 16.1 Å². The number of benzene rings is 2. The van der Waals surface area contributed by atoms with Gasteiger partial charge in [-0.15, -0.1) is 0 Å². The standard InChI is InChI=1S/C24H31ClN2O4/c1-16-13-20(11-12-21(16)25)31-15-22(28)27(17(2)23(29)26-24(3,4)5)14-18-7-9-19(30-6)10-8-18/h7-13,17H,14-15H2,1-6H3,(H,26,29). The van der Waals surface area contributed by atoms with Crippen LogP contribution in [-0.4, -0.2) is 42.0 Å². The molecule has 0 bridgehead atoms. The van der Waals surface area contributed by atoms with Gasteiger partial charge in [-0.2, -0.15) is 0 Å². The number of ether oxygens (including phenoxy) is 2. The maximum atomic E-state index is 13.1. The highest BCUT2D eigenvalue weighted by Gasteiger charge is 2.28. The molecule has 0 aliphatic rings. The van der Waals surface area contributed by atoms with E-state index in [1.54, 1.807) is 32.2 Å². The SMILES string of the molecule is COc1ccc(CN(C(=O)COc2ccc(Cl)c(C)c2)C(C)C(=O)NC(C)(C)C)cc1. The van der Waals surface area contributed by atoms with Crippen LogP contribution in [0.5, 0.6) is 11.5 Å². The summed E-state index contributed by atoms with van der Waals surface area (Å²) in [5.74, 6) is 0.754. The Labute approximate surface area is 189 Å². The molecule has 0 aliphatic heterocycles. The van der Waals surface area contributed by atoms with Gasteiger partial charge in [0.2, 0.25) is 5.91 Å². The van der Waals surface area contributed by atoms with E-state index in [1.165, 1.54) is 4.90 Å². The third kappa shape index (κ3) is 7.47. The Kier molecular flexibility index (Phi) is 8.34. The van der Waals surface area contributed by atoms with Crippen LogP contribution >= 0.6 is 11.6 Å². The molecule has 0 fully saturated rings. The number of hydrogen-bond acceptors (Lipinski definition) is 4. The molecule has 0 saturated heterocycles. The number of halogens is 1. The van der Waals surface area contributed by atoms with Gasteiger partial charge < -0.3 is 19.7 Å². The van der Waals surface area contributed by atoms with Gasteiger partial charge in [0.15, 0.2) is 6.61 Å². The molecule has 0 aliphatic carbocycles. The first-order chi connectivity index (χ1) is 14.5. The molecule has 0 aromatic heterocycles. The lowest BCUT2D eigenvalue weighted by molar-refractivity contribution is -0.142. The van der Waals surface area contributed by atoms with E-state index in [2.05, 4.69) is 5.32 Å². The first-order valence-corrected chi connectivity index (χ1v) is 10.5. The molecule has 2 aromatic carbocycles. The number of amides is 2. The number of rotatable bonds is 8. The van der Waals surface area contributed by atoms with Crippen molar-refractivity contribution in [2.75, 3.05) is 13.7 Å². The largest absolute Gasteiger partial charge is 0.497 e. The van der Waals surface area contributed by atoms with Crippen molar-refractivity contribution in [2.45, 2.75) is 52.7 Å². The highest BCUT2D eigenvalue weighted by Crippen LogP contribution is 2.21. The van der Waals surface area contributed by atoms with Gasteiger partial charge in [0.25, 0.3) is 5.91 Å². The van der Waals surface area contributed by atoms with E-state index < -0.39 is 11.6 Å². The van der Waals surface area contributed by atoms with Gasteiger partial charge in [0.1, 0.15) is 17.5 Å². The molecule has 0 radical (unpaired) electrons. The van der Waals surface area contributed by atoms with Gasteiger partial charge in [0.05, 0.1) is 7.11 Å². The van der Waals surface area contributed by atoms with Crippen LogP contribution in [0, 0.1) is 6.92 Å². The minimum absolute atomic E-state index is 0.190. The summed E-state index contributed by atoms with van der Waals surface area (Å²) in [5, 5.41) is 3.57. The molecule has 2 aromatic rings. The van der Waals surface area contributed by atoms with Crippen LogP contribution in [0.15, 0.2) is 42.5 Å². The van der Waals surface area contributed by atoms with Crippen molar-refractivity contribution < 1.29 is 19.1 Å². The Bertz CT molecular complexity index is 907. The number of aryl methyl sites for hydroxylation is 1. The summed E-state index contributed by atoms with van der Waals surface area (Å²) in [6, 6.07) is 11.9. The summed E-state index contributed by atoms with van der Waals surface area (Å²) >= 11 is 6.05. The number of methoxy groups -OCH3 is 1. The van der Waals surface area contributed by atoms with Gasteiger partial charge in [-0.3, -0.25) is 9.59 Å². The Morgan fingerprint density at radius 1 is 1.10 bits per heavy atom. The van der Waals surface area contributed by atoms with Crippen LogP contribution in [0.1, 0.15) is 38.8 Å². The molecular formula is C24H31ClN2O4. The van der Waals surface area contributed by atoms with Crippen molar-refractivity contribution in [3.8, 4) is 11.5 Å². The van der Waals surface area contributed by atoms with Crippen molar-refractivity contribution >= 4 is 23.4 Å². The van der Waals surface area contributed by atoms with Crippen molar-refractivity contribution in [1.29, 1.82) is 0 Å². The van der Waals surface area contributed by atoms with Crippen molar-refractivity contribution in [3.05, 3.63) is 58.6 Å². The second-order valence-electron chi connectivity index (χ2n) is 8.48. The van der Waals surface area contributed by atoms with E-state index in [4.69, 9.17) is 21.1 Å². The lowest BCUT2D eigenvalue weighted by atomic mass is 10.1. The lowest BCUT2D eigenvalue weighted by Crippen LogP contribution is -2.53. The van der Waals surface area contributed by atoms with E-state index in [0.717, 1.165) is 16.9 Å². The average Bonchev–Trinajstić information content (AvgIpc) is 2.71. The second kappa shape index (κ2) is 10.5. The molecule has 6 nitrogen and oxygen atoms in total. The molecule has 31 heavy (non-hydrogen) atoms. The predicted octanol–water partition coefficient (Wildman–Crippen LogP) is 4.37. The first kappa shape index (κ1) is 24.5. The molecule has 0 saturated carbocycles. The molecule has 0 spiro atoms. The number of carbonyl (C=O) groups excluding carboxylic acids is 2. The van der Waals surface area contributed by atoms with Crippen molar-refractivity contribution in [1.82, 2.24) is 10.2 Å². The average molecular weight is 447 g/mol. The smallest absolute Gasteiger partial charge is 0.261 e. The topological polar surface area (TPSA) is 67.9 Å². The van der Waals surface area contributed by atoms with E-state index in [0.29, 0.717) is 10.8 Å². The summed E-state index contributed by atoms with van der Waals surface area (Å²) in [6.45, 7) is 9.37. The van der Waals surface area contributed by atoms with Gasteiger partial charge in [-0.25, -0.2) is 0 Å². The zero-order valence-electron chi connectivity index (χ0n) is 19.0. The zero-order chi connectivity index (χ0) is 23.2. The van der Waals surface area contributed by atoms with Crippen LogP contribution in [0.3, 0.4) is 0 Å². The number of carbonyl (C=O) groups is 2. The van der Waals surface area contributed by atoms with Gasteiger partial charge in [-0.1, -0.05) is 23.7 Å². The quantitative estimate of drug-likeness (QED) is 0.653. The molecule has 168 valence electrons. The van der Waals surface area contributed by atoms with E-state index in [1.807, 2.05) is 52.0 Å². The fourth-order valence-corrected chi connectivity index (χ4v) is 3.04. The molecular weight excluding hydrogens is 416 g/mol. The Balaban J connectivity index is 2.18. The maximum absolute atomic E-state index is 13.1. The molecule has 1 N–H and O–H groups in total. The maximum Gasteiger partial charge on any atom is 0.261 e. The molecule has 0 heterocycles. The van der Waals surface area contributed by atoms with Crippen LogP contribution in [0.25, 0.3) is 0 Å². The van der Waals surface area contributed by atoms with Crippen molar-refractivity contribution in [2.24, 2.45) is 0 Å².